The molecule has 1 aromatic heterocycles. The average Bonchev–Trinajstić information content (AvgIpc) is 3.09. The number of H-pyrrole nitrogens is 1. The molecule has 0 amide bonds. The molecule has 0 spiro atoms. The van der Waals surface area contributed by atoms with E-state index in [1.54, 1.807) is 10.9 Å². The van der Waals surface area contributed by atoms with Crippen LogP contribution in [0.2, 0.25) is 0 Å². The number of aromatic nitrogens is 3. The van der Waals surface area contributed by atoms with Crippen LogP contribution in [0.4, 0.5) is 11.4 Å². The zero-order chi connectivity index (χ0) is 19.3. The summed E-state index contributed by atoms with van der Waals surface area (Å²) >= 11 is 5.33. The predicted octanol–water partition coefficient (Wildman–Crippen LogP) is 5.54. The number of hydrogen-bond donors (Lipinski definition) is 2. The standard InChI is InChI=1S/C22H19N5S/c1-16-7-11-18(12-8-16)21-25-26-22(28)27(21)23-15-17-9-13-20(14-10-17)24-19-5-3-2-4-6-19/h2-15,24H,1H3,(H,26,28)/b23-15-. The summed E-state index contributed by atoms with van der Waals surface area (Å²) < 4.78 is 2.09. The molecule has 0 radical (unpaired) electrons. The zero-order valence-electron chi connectivity index (χ0n) is 15.3. The van der Waals surface area contributed by atoms with Crippen LogP contribution >= 0.6 is 12.2 Å². The summed E-state index contributed by atoms with van der Waals surface area (Å²) in [6.45, 7) is 2.05. The fourth-order valence-corrected chi connectivity index (χ4v) is 2.93. The first-order valence-electron chi connectivity index (χ1n) is 8.90. The first kappa shape index (κ1) is 17.9. The van der Waals surface area contributed by atoms with Crippen molar-refractivity contribution in [3.8, 4) is 11.4 Å². The predicted molar refractivity (Wildman–Crippen MR) is 117 cm³/mol. The molecule has 0 fully saturated rings. The van der Waals surface area contributed by atoms with Gasteiger partial charge in [-0.3, -0.25) is 0 Å². The zero-order valence-corrected chi connectivity index (χ0v) is 16.1. The van der Waals surface area contributed by atoms with Crippen molar-refractivity contribution < 1.29 is 0 Å². The minimum absolute atomic E-state index is 0.453. The highest BCUT2D eigenvalue weighted by Crippen LogP contribution is 2.19. The number of benzene rings is 3. The van der Waals surface area contributed by atoms with Gasteiger partial charge in [0.25, 0.3) is 0 Å². The maximum absolute atomic E-state index is 5.33. The molecule has 0 atom stereocenters. The van der Waals surface area contributed by atoms with Crippen molar-refractivity contribution in [2.45, 2.75) is 6.92 Å². The Morgan fingerprint density at radius 3 is 2.32 bits per heavy atom. The summed E-state index contributed by atoms with van der Waals surface area (Å²) in [5, 5.41) is 15.0. The average molecular weight is 385 g/mol. The van der Waals surface area contributed by atoms with Gasteiger partial charge in [0.15, 0.2) is 5.82 Å². The molecule has 0 aliphatic carbocycles. The van der Waals surface area contributed by atoms with Crippen molar-refractivity contribution in [2.24, 2.45) is 5.10 Å². The van der Waals surface area contributed by atoms with E-state index in [4.69, 9.17) is 12.2 Å². The van der Waals surface area contributed by atoms with Gasteiger partial charge in [-0.1, -0.05) is 60.2 Å². The summed E-state index contributed by atoms with van der Waals surface area (Å²) in [5.41, 5.74) is 5.19. The number of hydrogen-bond acceptors (Lipinski definition) is 4. The van der Waals surface area contributed by atoms with Crippen LogP contribution in [0.5, 0.6) is 0 Å². The van der Waals surface area contributed by atoms with E-state index in [0.717, 1.165) is 22.5 Å². The van der Waals surface area contributed by atoms with Crippen molar-refractivity contribution in [2.75, 3.05) is 5.32 Å². The first-order chi connectivity index (χ1) is 13.7. The van der Waals surface area contributed by atoms with Gasteiger partial charge in [-0.2, -0.15) is 14.9 Å². The van der Waals surface area contributed by atoms with Crippen LogP contribution in [-0.4, -0.2) is 21.1 Å². The highest BCUT2D eigenvalue weighted by atomic mass is 32.1. The van der Waals surface area contributed by atoms with E-state index in [2.05, 4.69) is 27.5 Å². The molecule has 6 heteroatoms. The number of anilines is 2. The van der Waals surface area contributed by atoms with Crippen LogP contribution in [0, 0.1) is 11.7 Å². The Morgan fingerprint density at radius 2 is 1.61 bits per heavy atom. The number of aryl methyl sites for hydroxylation is 1. The van der Waals surface area contributed by atoms with Gasteiger partial charge in [-0.25, -0.2) is 5.10 Å². The fraction of sp³-hybridized carbons (Fsp3) is 0.0455. The van der Waals surface area contributed by atoms with Gasteiger partial charge in [0.05, 0.1) is 6.21 Å². The number of para-hydroxylation sites is 1. The highest BCUT2D eigenvalue weighted by Gasteiger charge is 2.07. The Labute approximate surface area is 168 Å². The first-order valence-corrected chi connectivity index (χ1v) is 9.31. The second kappa shape index (κ2) is 8.02. The van der Waals surface area contributed by atoms with Crippen molar-refractivity contribution in [1.82, 2.24) is 14.9 Å². The van der Waals surface area contributed by atoms with Gasteiger partial charge in [0.1, 0.15) is 0 Å². The molecule has 28 heavy (non-hydrogen) atoms. The summed E-state index contributed by atoms with van der Waals surface area (Å²) in [6.07, 6.45) is 1.77. The quantitative estimate of drug-likeness (QED) is 0.350. The largest absolute Gasteiger partial charge is 0.356 e. The maximum Gasteiger partial charge on any atom is 0.216 e. The van der Waals surface area contributed by atoms with E-state index >= 15 is 0 Å². The molecule has 0 aliphatic heterocycles. The van der Waals surface area contributed by atoms with Crippen LogP contribution in [0.3, 0.4) is 0 Å². The summed E-state index contributed by atoms with van der Waals surface area (Å²) in [7, 11) is 0. The van der Waals surface area contributed by atoms with Crippen molar-refractivity contribution in [1.29, 1.82) is 0 Å². The van der Waals surface area contributed by atoms with E-state index in [-0.39, 0.29) is 0 Å². The van der Waals surface area contributed by atoms with Crippen LogP contribution in [0.1, 0.15) is 11.1 Å². The van der Waals surface area contributed by atoms with Gasteiger partial charge in [0, 0.05) is 16.9 Å². The summed E-state index contributed by atoms with van der Waals surface area (Å²) in [6, 6.07) is 26.2. The molecule has 0 unspecified atom stereocenters. The molecule has 4 rings (SSSR count). The minimum Gasteiger partial charge on any atom is -0.356 e. The molecule has 4 aromatic rings. The highest BCUT2D eigenvalue weighted by molar-refractivity contribution is 7.71. The van der Waals surface area contributed by atoms with Crippen LogP contribution in [0.25, 0.3) is 11.4 Å². The van der Waals surface area contributed by atoms with Crippen molar-refractivity contribution in [3.63, 3.8) is 0 Å². The Kier molecular flexibility index (Phi) is 5.12. The Hall–Kier alpha value is -3.51. The molecule has 5 nitrogen and oxygen atoms in total. The van der Waals surface area contributed by atoms with E-state index in [0.29, 0.717) is 10.6 Å². The van der Waals surface area contributed by atoms with E-state index in [1.165, 1.54) is 5.56 Å². The van der Waals surface area contributed by atoms with Gasteiger partial charge < -0.3 is 5.32 Å². The number of aromatic amines is 1. The third-order valence-electron chi connectivity index (χ3n) is 4.26. The number of rotatable bonds is 5. The van der Waals surface area contributed by atoms with Crippen LogP contribution in [-0.2, 0) is 0 Å². The normalized spacial score (nSPS) is 11.0. The lowest BCUT2D eigenvalue weighted by Gasteiger charge is -2.06. The van der Waals surface area contributed by atoms with Crippen LogP contribution < -0.4 is 5.32 Å². The van der Waals surface area contributed by atoms with E-state index in [1.807, 2.05) is 78.9 Å². The van der Waals surface area contributed by atoms with Gasteiger partial charge in [0.2, 0.25) is 4.77 Å². The molecule has 0 saturated carbocycles. The fourth-order valence-electron chi connectivity index (χ4n) is 2.75. The van der Waals surface area contributed by atoms with Crippen LogP contribution in [0.15, 0.2) is 84.0 Å². The number of nitrogens with zero attached hydrogens (tertiary/aromatic N) is 3. The third kappa shape index (κ3) is 4.07. The molecule has 1 heterocycles. The molecule has 0 saturated heterocycles. The molecule has 2 N–H and O–H groups in total. The maximum atomic E-state index is 5.33. The second-order valence-electron chi connectivity index (χ2n) is 6.39. The van der Waals surface area contributed by atoms with Gasteiger partial charge in [-0.05, 0) is 49.0 Å². The lowest BCUT2D eigenvalue weighted by atomic mass is 10.1. The molecule has 0 aliphatic rings. The topological polar surface area (TPSA) is 58.0 Å². The molecule has 138 valence electrons. The monoisotopic (exact) mass is 385 g/mol. The summed E-state index contributed by atoms with van der Waals surface area (Å²) in [5.74, 6) is 0.684. The Balaban J connectivity index is 1.54. The van der Waals surface area contributed by atoms with Crippen molar-refractivity contribution in [3.05, 3.63) is 94.8 Å². The molecule has 0 bridgehead atoms. The smallest absolute Gasteiger partial charge is 0.216 e. The Bertz CT molecular complexity index is 1140. The van der Waals surface area contributed by atoms with Gasteiger partial charge >= 0.3 is 0 Å². The van der Waals surface area contributed by atoms with E-state index < -0.39 is 0 Å². The minimum atomic E-state index is 0.453. The number of nitrogens with one attached hydrogen (secondary N) is 2. The summed E-state index contributed by atoms with van der Waals surface area (Å²) in [4.78, 5) is 0. The molecular formula is C22H19N5S. The molecule has 3 aromatic carbocycles. The van der Waals surface area contributed by atoms with Crippen molar-refractivity contribution >= 4 is 29.8 Å². The lowest BCUT2D eigenvalue weighted by molar-refractivity contribution is 0.871. The second-order valence-corrected chi connectivity index (χ2v) is 6.77. The Morgan fingerprint density at radius 1 is 0.929 bits per heavy atom. The van der Waals surface area contributed by atoms with Gasteiger partial charge in [-0.15, -0.1) is 0 Å². The molecular weight excluding hydrogens is 366 g/mol. The SMILES string of the molecule is Cc1ccc(-c2n[nH]c(=S)n2/N=C\c2ccc(Nc3ccccc3)cc2)cc1. The third-order valence-corrected chi connectivity index (χ3v) is 4.52. The lowest BCUT2D eigenvalue weighted by Crippen LogP contribution is -1.95. The van der Waals surface area contributed by atoms with E-state index in [9.17, 15) is 0 Å².